The molecule has 0 unspecified atom stereocenters. The number of ether oxygens (including phenoxy) is 1. The van der Waals surface area contributed by atoms with Gasteiger partial charge in [0, 0.05) is 37.3 Å². The Labute approximate surface area is 131 Å². The molecular formula is C18H36N2O. The summed E-state index contributed by atoms with van der Waals surface area (Å²) in [6, 6.07) is 0. The largest absolute Gasteiger partial charge is 0.380 e. The van der Waals surface area contributed by atoms with Gasteiger partial charge < -0.3 is 10.1 Å². The Morgan fingerprint density at radius 1 is 1.05 bits per heavy atom. The van der Waals surface area contributed by atoms with Gasteiger partial charge in [-0.25, -0.2) is 0 Å². The van der Waals surface area contributed by atoms with Gasteiger partial charge in [-0.05, 0) is 32.1 Å². The number of unbranched alkanes of at least 4 members (excludes halogenated alkanes) is 1. The molecule has 0 aromatic rings. The van der Waals surface area contributed by atoms with Crippen LogP contribution < -0.4 is 5.32 Å². The zero-order chi connectivity index (χ0) is 15.2. The fraction of sp³-hybridized carbons (Fsp3) is 1.00. The average molecular weight is 296 g/mol. The predicted molar refractivity (Wildman–Crippen MR) is 89.8 cm³/mol. The smallest absolute Gasteiger partial charge is 0.0593 e. The molecule has 1 saturated heterocycles. The van der Waals surface area contributed by atoms with Gasteiger partial charge in [-0.15, -0.1) is 0 Å². The second-order valence-electron chi connectivity index (χ2n) is 7.16. The van der Waals surface area contributed by atoms with E-state index in [1.807, 2.05) is 0 Å². The lowest BCUT2D eigenvalue weighted by atomic mass is 9.82. The maximum Gasteiger partial charge on any atom is 0.0593 e. The van der Waals surface area contributed by atoms with Crippen molar-refractivity contribution in [2.24, 2.45) is 0 Å². The highest BCUT2D eigenvalue weighted by molar-refractivity contribution is 5.06. The summed E-state index contributed by atoms with van der Waals surface area (Å²) < 4.78 is 5.85. The molecule has 1 spiro atoms. The molecule has 2 fully saturated rings. The number of nitrogens with zero attached hydrogens (tertiary/aromatic N) is 1. The van der Waals surface area contributed by atoms with Gasteiger partial charge in [0.25, 0.3) is 0 Å². The first-order valence-corrected chi connectivity index (χ1v) is 9.28. The molecule has 21 heavy (non-hydrogen) atoms. The van der Waals surface area contributed by atoms with E-state index in [4.69, 9.17) is 4.74 Å². The Bertz CT molecular complexity index is 296. The van der Waals surface area contributed by atoms with E-state index in [0.717, 1.165) is 26.3 Å². The van der Waals surface area contributed by atoms with E-state index in [2.05, 4.69) is 31.0 Å². The van der Waals surface area contributed by atoms with Crippen LogP contribution in [0, 0.1) is 0 Å². The van der Waals surface area contributed by atoms with Gasteiger partial charge in [0.15, 0.2) is 0 Å². The van der Waals surface area contributed by atoms with E-state index in [9.17, 15) is 0 Å². The molecule has 124 valence electrons. The van der Waals surface area contributed by atoms with Crippen LogP contribution in [0.1, 0.15) is 72.1 Å². The second kappa shape index (κ2) is 7.94. The third-order valence-electron chi connectivity index (χ3n) is 5.98. The molecule has 2 aliphatic rings. The lowest BCUT2D eigenvalue weighted by molar-refractivity contribution is -0.0197. The molecule has 1 heterocycles. The third-order valence-corrected chi connectivity index (χ3v) is 5.98. The fourth-order valence-electron chi connectivity index (χ4n) is 4.23. The summed E-state index contributed by atoms with van der Waals surface area (Å²) >= 11 is 0. The highest BCUT2D eigenvalue weighted by atomic mass is 16.5. The third kappa shape index (κ3) is 4.00. The van der Waals surface area contributed by atoms with Gasteiger partial charge in [-0.2, -0.15) is 0 Å². The van der Waals surface area contributed by atoms with Crippen molar-refractivity contribution in [3.05, 3.63) is 0 Å². The molecule has 0 aromatic carbocycles. The van der Waals surface area contributed by atoms with Gasteiger partial charge in [0.1, 0.15) is 0 Å². The van der Waals surface area contributed by atoms with Crippen molar-refractivity contribution in [3.8, 4) is 0 Å². The Hall–Kier alpha value is -0.120. The minimum atomic E-state index is 0.349. The van der Waals surface area contributed by atoms with Crippen molar-refractivity contribution in [3.63, 3.8) is 0 Å². The standard InChI is InChI=1S/C18H36N2O/c1-4-7-13-21-14-12-20-16-17(10-8-9-11-17)19-15-18(20,5-2)6-3/h19H,4-16H2,1-3H3. The zero-order valence-electron chi connectivity index (χ0n) is 14.5. The fourth-order valence-corrected chi connectivity index (χ4v) is 4.23. The van der Waals surface area contributed by atoms with Gasteiger partial charge in [-0.1, -0.05) is 40.0 Å². The van der Waals surface area contributed by atoms with Crippen LogP contribution in [0.2, 0.25) is 0 Å². The minimum absolute atomic E-state index is 0.349. The van der Waals surface area contributed by atoms with E-state index in [1.54, 1.807) is 0 Å². The van der Waals surface area contributed by atoms with Crippen LogP contribution >= 0.6 is 0 Å². The molecule has 3 heteroatoms. The van der Waals surface area contributed by atoms with Crippen molar-refractivity contribution in [1.82, 2.24) is 10.2 Å². The number of hydrogen-bond acceptors (Lipinski definition) is 3. The molecule has 0 atom stereocenters. The first-order chi connectivity index (χ1) is 10.2. The summed E-state index contributed by atoms with van der Waals surface area (Å²) in [7, 11) is 0. The lowest BCUT2D eigenvalue weighted by Gasteiger charge is -2.53. The van der Waals surface area contributed by atoms with E-state index in [-0.39, 0.29) is 0 Å². The summed E-state index contributed by atoms with van der Waals surface area (Å²) in [6.45, 7) is 12.3. The number of piperazine rings is 1. The van der Waals surface area contributed by atoms with Crippen LogP contribution in [0.5, 0.6) is 0 Å². The summed E-state index contributed by atoms with van der Waals surface area (Å²) in [6.07, 6.45) is 10.4. The molecule has 1 aliphatic carbocycles. The second-order valence-corrected chi connectivity index (χ2v) is 7.16. The van der Waals surface area contributed by atoms with E-state index in [1.165, 1.54) is 57.9 Å². The molecule has 1 N–H and O–H groups in total. The van der Waals surface area contributed by atoms with E-state index < -0.39 is 0 Å². The van der Waals surface area contributed by atoms with Crippen LogP contribution in [-0.2, 0) is 4.74 Å². The lowest BCUT2D eigenvalue weighted by Crippen LogP contribution is -2.69. The van der Waals surface area contributed by atoms with Crippen LogP contribution in [-0.4, -0.2) is 48.8 Å². The number of hydrogen-bond donors (Lipinski definition) is 1. The topological polar surface area (TPSA) is 24.5 Å². The van der Waals surface area contributed by atoms with Crippen molar-refractivity contribution < 1.29 is 4.74 Å². The molecule has 1 aliphatic heterocycles. The minimum Gasteiger partial charge on any atom is -0.380 e. The quantitative estimate of drug-likeness (QED) is 0.693. The summed E-state index contributed by atoms with van der Waals surface area (Å²) in [5.74, 6) is 0. The first-order valence-electron chi connectivity index (χ1n) is 9.28. The Morgan fingerprint density at radius 2 is 1.76 bits per heavy atom. The van der Waals surface area contributed by atoms with Crippen LogP contribution in [0.3, 0.4) is 0 Å². The van der Waals surface area contributed by atoms with Crippen molar-refractivity contribution in [1.29, 1.82) is 0 Å². The Balaban J connectivity index is 1.92. The van der Waals surface area contributed by atoms with Crippen LogP contribution in [0.15, 0.2) is 0 Å². The Morgan fingerprint density at radius 3 is 2.38 bits per heavy atom. The van der Waals surface area contributed by atoms with E-state index in [0.29, 0.717) is 11.1 Å². The molecule has 1 saturated carbocycles. The summed E-state index contributed by atoms with van der Waals surface area (Å²) in [4.78, 5) is 2.76. The molecule has 2 rings (SSSR count). The SMILES string of the molecule is CCCCOCCN1CC2(CCCC2)NCC1(CC)CC. The highest BCUT2D eigenvalue weighted by Gasteiger charge is 2.46. The molecular weight excluding hydrogens is 260 g/mol. The van der Waals surface area contributed by atoms with Gasteiger partial charge >= 0.3 is 0 Å². The zero-order valence-corrected chi connectivity index (χ0v) is 14.5. The van der Waals surface area contributed by atoms with E-state index >= 15 is 0 Å². The highest BCUT2D eigenvalue weighted by Crippen LogP contribution is 2.37. The number of nitrogens with one attached hydrogen (secondary N) is 1. The van der Waals surface area contributed by atoms with Crippen molar-refractivity contribution in [2.75, 3.05) is 32.8 Å². The normalized spacial score (nSPS) is 24.7. The number of rotatable bonds is 8. The summed E-state index contributed by atoms with van der Waals surface area (Å²) in [5.41, 5.74) is 0.763. The Kier molecular flexibility index (Phi) is 6.51. The van der Waals surface area contributed by atoms with Gasteiger partial charge in [-0.3, -0.25) is 4.90 Å². The van der Waals surface area contributed by atoms with Crippen molar-refractivity contribution in [2.45, 2.75) is 83.2 Å². The summed E-state index contributed by atoms with van der Waals surface area (Å²) in [5, 5.41) is 3.95. The van der Waals surface area contributed by atoms with Crippen molar-refractivity contribution >= 4 is 0 Å². The maximum absolute atomic E-state index is 5.85. The maximum atomic E-state index is 5.85. The molecule has 0 bridgehead atoms. The van der Waals surface area contributed by atoms with Crippen LogP contribution in [0.25, 0.3) is 0 Å². The van der Waals surface area contributed by atoms with Gasteiger partial charge in [0.2, 0.25) is 0 Å². The molecule has 0 radical (unpaired) electrons. The first kappa shape index (κ1) is 17.2. The predicted octanol–water partition coefficient (Wildman–Crippen LogP) is 3.58. The van der Waals surface area contributed by atoms with Gasteiger partial charge in [0.05, 0.1) is 6.61 Å². The average Bonchev–Trinajstić information content (AvgIpc) is 2.96. The molecule has 0 amide bonds. The van der Waals surface area contributed by atoms with Crippen LogP contribution in [0.4, 0.5) is 0 Å². The molecule has 0 aromatic heterocycles. The monoisotopic (exact) mass is 296 g/mol. The molecule has 3 nitrogen and oxygen atoms in total.